The first kappa shape index (κ1) is 22.6. The first-order valence-electron chi connectivity index (χ1n) is 11.0. The van der Waals surface area contributed by atoms with Gasteiger partial charge in [0.1, 0.15) is 0 Å². The zero-order valence-electron chi connectivity index (χ0n) is 18.9. The van der Waals surface area contributed by atoms with Crippen LogP contribution in [0.4, 0.5) is 0 Å². The molecule has 0 spiro atoms. The molecule has 2 aromatic carbocycles. The normalized spacial score (nSPS) is 17.0. The molecule has 0 saturated carbocycles. The Labute approximate surface area is 190 Å². The number of rotatable bonds is 5. The van der Waals surface area contributed by atoms with Crippen molar-refractivity contribution in [2.45, 2.75) is 44.0 Å². The minimum atomic E-state index is -3.61. The van der Waals surface area contributed by atoms with E-state index in [0.717, 1.165) is 30.4 Å². The topological polar surface area (TPSA) is 76.1 Å². The molecule has 172 valence electrons. The van der Waals surface area contributed by atoms with E-state index in [0.29, 0.717) is 55.2 Å². The number of piperidine rings is 1. The smallest absolute Gasteiger partial charge is 0.254 e. The standard InChI is InChI=1S/C24H30N2O5S/c1-17-7-8-19(15-23(17)32(28,29)26-10-5-4-6-11-26)24(27)25-12-9-18-13-21(30-2)22(31-3)14-20(18)16-25/h7-8,13-15H,4-6,9-12,16H2,1-3H3. The van der Waals surface area contributed by atoms with Crippen molar-refractivity contribution in [2.24, 2.45) is 0 Å². The summed E-state index contributed by atoms with van der Waals surface area (Å²) in [7, 11) is -0.416. The van der Waals surface area contributed by atoms with Crippen LogP contribution in [0.15, 0.2) is 35.2 Å². The molecule has 4 rings (SSSR count). The molecular formula is C24H30N2O5S. The molecule has 0 bridgehead atoms. The maximum atomic E-state index is 13.3. The summed E-state index contributed by atoms with van der Waals surface area (Å²) in [6.45, 7) is 3.85. The highest BCUT2D eigenvalue weighted by molar-refractivity contribution is 7.89. The highest BCUT2D eigenvalue weighted by Gasteiger charge is 2.29. The third-order valence-corrected chi connectivity index (χ3v) is 8.41. The number of aryl methyl sites for hydroxylation is 1. The summed E-state index contributed by atoms with van der Waals surface area (Å²) >= 11 is 0. The van der Waals surface area contributed by atoms with Crippen molar-refractivity contribution >= 4 is 15.9 Å². The highest BCUT2D eigenvalue weighted by Crippen LogP contribution is 2.34. The minimum absolute atomic E-state index is 0.166. The number of hydrogen-bond acceptors (Lipinski definition) is 5. The van der Waals surface area contributed by atoms with Crippen LogP contribution in [0.1, 0.15) is 46.3 Å². The van der Waals surface area contributed by atoms with Gasteiger partial charge in [-0.2, -0.15) is 4.31 Å². The average Bonchev–Trinajstić information content (AvgIpc) is 2.83. The summed E-state index contributed by atoms with van der Waals surface area (Å²) in [6, 6.07) is 8.87. The van der Waals surface area contributed by atoms with Gasteiger partial charge in [-0.3, -0.25) is 4.79 Å². The summed E-state index contributed by atoms with van der Waals surface area (Å²) in [5.41, 5.74) is 3.20. The second kappa shape index (κ2) is 9.11. The number of nitrogens with zero attached hydrogens (tertiary/aromatic N) is 2. The van der Waals surface area contributed by atoms with Crippen molar-refractivity contribution < 1.29 is 22.7 Å². The number of amides is 1. The van der Waals surface area contributed by atoms with Crippen LogP contribution in [-0.2, 0) is 23.0 Å². The molecule has 2 aliphatic heterocycles. The van der Waals surface area contributed by atoms with E-state index in [1.807, 2.05) is 12.1 Å². The van der Waals surface area contributed by atoms with Crippen molar-refractivity contribution in [3.05, 3.63) is 52.6 Å². The maximum Gasteiger partial charge on any atom is 0.254 e. The van der Waals surface area contributed by atoms with Gasteiger partial charge in [0.25, 0.3) is 5.91 Å². The highest BCUT2D eigenvalue weighted by atomic mass is 32.2. The van der Waals surface area contributed by atoms with E-state index < -0.39 is 10.0 Å². The van der Waals surface area contributed by atoms with E-state index in [9.17, 15) is 13.2 Å². The van der Waals surface area contributed by atoms with Crippen molar-refractivity contribution in [3.63, 3.8) is 0 Å². The molecule has 1 saturated heterocycles. The van der Waals surface area contributed by atoms with Crippen molar-refractivity contribution in [1.82, 2.24) is 9.21 Å². The molecule has 0 radical (unpaired) electrons. The van der Waals surface area contributed by atoms with Crippen LogP contribution in [0.5, 0.6) is 11.5 Å². The molecule has 7 nitrogen and oxygen atoms in total. The summed E-state index contributed by atoms with van der Waals surface area (Å²) in [4.78, 5) is 15.3. The quantitative estimate of drug-likeness (QED) is 0.687. The van der Waals surface area contributed by atoms with Gasteiger partial charge in [0.05, 0.1) is 19.1 Å². The SMILES string of the molecule is COc1cc2c(cc1OC)CN(C(=O)c1ccc(C)c(S(=O)(=O)N3CCCCC3)c1)CC2. The van der Waals surface area contributed by atoms with Gasteiger partial charge in [-0.15, -0.1) is 0 Å². The number of sulfonamides is 1. The molecule has 2 heterocycles. The first-order valence-corrected chi connectivity index (χ1v) is 12.4. The van der Waals surface area contributed by atoms with Crippen LogP contribution in [0, 0.1) is 6.92 Å². The Kier molecular flexibility index (Phi) is 6.44. The molecular weight excluding hydrogens is 428 g/mol. The van der Waals surface area contributed by atoms with Gasteiger partial charge >= 0.3 is 0 Å². The number of carbonyl (C=O) groups excluding carboxylic acids is 1. The van der Waals surface area contributed by atoms with Crippen molar-refractivity contribution in [2.75, 3.05) is 33.9 Å². The van der Waals surface area contributed by atoms with Gasteiger partial charge in [-0.1, -0.05) is 12.5 Å². The molecule has 0 aromatic heterocycles. The molecule has 2 aromatic rings. The molecule has 0 atom stereocenters. The molecule has 0 unspecified atom stereocenters. The summed E-state index contributed by atoms with van der Waals surface area (Å²) in [5.74, 6) is 1.14. The van der Waals surface area contributed by atoms with Gasteiger partial charge in [-0.05, 0) is 67.1 Å². The van der Waals surface area contributed by atoms with E-state index in [1.165, 1.54) is 0 Å². The van der Waals surface area contributed by atoms with E-state index in [2.05, 4.69) is 0 Å². The molecule has 0 aliphatic carbocycles. The minimum Gasteiger partial charge on any atom is -0.493 e. The third kappa shape index (κ3) is 4.21. The zero-order valence-corrected chi connectivity index (χ0v) is 19.7. The molecule has 8 heteroatoms. The lowest BCUT2D eigenvalue weighted by Gasteiger charge is -2.30. The average molecular weight is 459 g/mol. The van der Waals surface area contributed by atoms with Gasteiger partial charge in [0, 0.05) is 31.7 Å². The Bertz CT molecular complexity index is 1120. The number of ether oxygens (including phenoxy) is 2. The van der Waals surface area contributed by atoms with Crippen LogP contribution in [0.25, 0.3) is 0 Å². The lowest BCUT2D eigenvalue weighted by Crippen LogP contribution is -2.37. The fourth-order valence-corrected chi connectivity index (χ4v) is 6.26. The van der Waals surface area contributed by atoms with E-state index >= 15 is 0 Å². The van der Waals surface area contributed by atoms with Gasteiger partial charge in [0.15, 0.2) is 11.5 Å². The number of fused-ring (bicyclic) bond motifs is 1. The molecule has 1 amide bonds. The number of hydrogen-bond donors (Lipinski definition) is 0. The number of benzene rings is 2. The van der Waals surface area contributed by atoms with E-state index in [1.54, 1.807) is 48.5 Å². The van der Waals surface area contributed by atoms with Crippen LogP contribution in [-0.4, -0.2) is 57.4 Å². The first-order chi connectivity index (χ1) is 15.3. The zero-order chi connectivity index (χ0) is 22.9. The van der Waals surface area contributed by atoms with Crippen LogP contribution in [0.3, 0.4) is 0 Å². The lowest BCUT2D eigenvalue weighted by atomic mass is 9.98. The Morgan fingerprint density at radius 2 is 1.56 bits per heavy atom. The van der Waals surface area contributed by atoms with E-state index in [-0.39, 0.29) is 10.8 Å². The lowest BCUT2D eigenvalue weighted by molar-refractivity contribution is 0.0734. The molecule has 32 heavy (non-hydrogen) atoms. The van der Waals surface area contributed by atoms with Gasteiger partial charge in [-0.25, -0.2) is 8.42 Å². The summed E-state index contributed by atoms with van der Waals surface area (Å²) < 4.78 is 38.8. The largest absolute Gasteiger partial charge is 0.493 e. The predicted octanol–water partition coefficient (Wildman–Crippen LogP) is 3.39. The third-order valence-electron chi connectivity index (χ3n) is 6.37. The van der Waals surface area contributed by atoms with E-state index in [4.69, 9.17) is 9.47 Å². The monoisotopic (exact) mass is 458 g/mol. The number of methoxy groups -OCH3 is 2. The van der Waals surface area contributed by atoms with Crippen LogP contribution < -0.4 is 9.47 Å². The molecule has 1 fully saturated rings. The Morgan fingerprint density at radius 1 is 0.906 bits per heavy atom. The second-order valence-electron chi connectivity index (χ2n) is 8.40. The van der Waals surface area contributed by atoms with Crippen LogP contribution in [0.2, 0.25) is 0 Å². The Balaban J connectivity index is 1.60. The summed E-state index contributed by atoms with van der Waals surface area (Å²) in [5, 5.41) is 0. The fourth-order valence-electron chi connectivity index (χ4n) is 4.49. The van der Waals surface area contributed by atoms with Crippen LogP contribution >= 0.6 is 0 Å². The predicted molar refractivity (Wildman–Crippen MR) is 122 cm³/mol. The molecule has 0 N–H and O–H groups in total. The number of carbonyl (C=O) groups is 1. The maximum absolute atomic E-state index is 13.3. The summed E-state index contributed by atoms with van der Waals surface area (Å²) in [6.07, 6.45) is 3.50. The second-order valence-corrected chi connectivity index (χ2v) is 10.3. The molecule has 2 aliphatic rings. The van der Waals surface area contributed by atoms with Crippen molar-refractivity contribution in [1.29, 1.82) is 0 Å². The van der Waals surface area contributed by atoms with Gasteiger partial charge in [0.2, 0.25) is 10.0 Å². The Hall–Kier alpha value is -2.58. The van der Waals surface area contributed by atoms with Crippen molar-refractivity contribution in [3.8, 4) is 11.5 Å². The Morgan fingerprint density at radius 3 is 2.22 bits per heavy atom. The fraction of sp³-hybridized carbons (Fsp3) is 0.458. The van der Waals surface area contributed by atoms with Gasteiger partial charge < -0.3 is 14.4 Å².